The van der Waals surface area contributed by atoms with E-state index in [1.807, 2.05) is 14.0 Å². The molecule has 114 valence electrons. The number of hydrogen-bond donors (Lipinski definition) is 3. The van der Waals surface area contributed by atoms with Crippen LogP contribution in [0, 0.1) is 12.8 Å². The van der Waals surface area contributed by atoms with Crippen molar-refractivity contribution >= 4 is 11.6 Å². The summed E-state index contributed by atoms with van der Waals surface area (Å²) in [6.45, 7) is 7.38. The van der Waals surface area contributed by atoms with Crippen LogP contribution in [-0.4, -0.2) is 35.3 Å². The first-order valence-corrected chi connectivity index (χ1v) is 7.56. The van der Waals surface area contributed by atoms with Crippen molar-refractivity contribution in [1.29, 1.82) is 0 Å². The zero-order valence-electron chi connectivity index (χ0n) is 13.2. The maximum atomic E-state index is 9.05. The average Bonchev–Trinajstić information content (AvgIpc) is 2.46. The van der Waals surface area contributed by atoms with Gasteiger partial charge < -0.3 is 15.7 Å². The van der Waals surface area contributed by atoms with Crippen molar-refractivity contribution in [2.45, 2.75) is 46.5 Å². The summed E-state index contributed by atoms with van der Waals surface area (Å²) in [7, 11) is 1.88. The first-order valence-electron chi connectivity index (χ1n) is 7.56. The summed E-state index contributed by atoms with van der Waals surface area (Å²) in [5.41, 5.74) is 1.05. The Labute approximate surface area is 122 Å². The van der Waals surface area contributed by atoms with Crippen molar-refractivity contribution in [2.75, 3.05) is 30.8 Å². The monoisotopic (exact) mass is 280 g/mol. The fourth-order valence-electron chi connectivity index (χ4n) is 2.19. The highest BCUT2D eigenvalue weighted by atomic mass is 16.3. The van der Waals surface area contributed by atoms with Gasteiger partial charge >= 0.3 is 0 Å². The lowest BCUT2D eigenvalue weighted by Crippen LogP contribution is -2.17. The molecule has 1 aromatic heterocycles. The molecule has 5 heteroatoms. The van der Waals surface area contributed by atoms with E-state index >= 15 is 0 Å². The lowest BCUT2D eigenvalue weighted by Gasteiger charge is -2.17. The summed E-state index contributed by atoms with van der Waals surface area (Å²) in [4.78, 5) is 9.13. The molecular formula is C15H28N4O. The van der Waals surface area contributed by atoms with Gasteiger partial charge in [0.1, 0.15) is 17.5 Å². The van der Waals surface area contributed by atoms with Crippen LogP contribution in [0.5, 0.6) is 0 Å². The number of anilines is 2. The van der Waals surface area contributed by atoms with Crippen LogP contribution < -0.4 is 10.6 Å². The van der Waals surface area contributed by atoms with Crippen LogP contribution in [0.15, 0.2) is 0 Å². The van der Waals surface area contributed by atoms with Gasteiger partial charge in [-0.25, -0.2) is 9.97 Å². The number of rotatable bonds is 9. The maximum absolute atomic E-state index is 9.05. The standard InChI is InChI=1S/C15H28N4O/c1-5-7-13-18-14(16-4)11(3)15(19-13)17-10-12(6-2)8-9-20/h12,20H,5-10H2,1-4H3,(H2,16,17,18,19). The third-order valence-corrected chi connectivity index (χ3v) is 3.58. The largest absolute Gasteiger partial charge is 0.396 e. The van der Waals surface area contributed by atoms with Gasteiger partial charge in [-0.05, 0) is 25.7 Å². The van der Waals surface area contributed by atoms with E-state index < -0.39 is 0 Å². The molecule has 0 amide bonds. The van der Waals surface area contributed by atoms with Crippen molar-refractivity contribution in [3.63, 3.8) is 0 Å². The van der Waals surface area contributed by atoms with Crippen molar-refractivity contribution in [3.8, 4) is 0 Å². The Kier molecular flexibility index (Phi) is 7.30. The summed E-state index contributed by atoms with van der Waals surface area (Å²) in [5.74, 6) is 3.15. The zero-order chi connectivity index (χ0) is 15.0. The summed E-state index contributed by atoms with van der Waals surface area (Å²) in [6, 6.07) is 0. The van der Waals surface area contributed by atoms with Crippen LogP contribution in [0.1, 0.15) is 44.5 Å². The molecule has 1 rings (SSSR count). The average molecular weight is 280 g/mol. The predicted octanol–water partition coefficient (Wildman–Crippen LogP) is 2.60. The Morgan fingerprint density at radius 2 is 1.90 bits per heavy atom. The normalized spacial score (nSPS) is 12.2. The third kappa shape index (κ3) is 4.63. The molecule has 0 saturated heterocycles. The topological polar surface area (TPSA) is 70.1 Å². The summed E-state index contributed by atoms with van der Waals surface area (Å²) < 4.78 is 0. The number of aromatic nitrogens is 2. The molecule has 0 aliphatic rings. The first-order chi connectivity index (χ1) is 9.65. The first kappa shape index (κ1) is 16.7. The minimum atomic E-state index is 0.242. The van der Waals surface area contributed by atoms with Gasteiger partial charge in [-0.2, -0.15) is 0 Å². The van der Waals surface area contributed by atoms with Crippen molar-refractivity contribution < 1.29 is 5.11 Å². The molecule has 0 radical (unpaired) electrons. The summed E-state index contributed by atoms with van der Waals surface area (Å²) >= 11 is 0. The van der Waals surface area contributed by atoms with Gasteiger partial charge in [0.25, 0.3) is 0 Å². The molecule has 0 aromatic carbocycles. The van der Waals surface area contributed by atoms with E-state index in [2.05, 4.69) is 34.4 Å². The lowest BCUT2D eigenvalue weighted by molar-refractivity contribution is 0.258. The van der Waals surface area contributed by atoms with Gasteiger partial charge in [0.2, 0.25) is 0 Å². The second-order valence-corrected chi connectivity index (χ2v) is 5.13. The Hall–Kier alpha value is -1.36. The number of aliphatic hydroxyl groups is 1. The van der Waals surface area contributed by atoms with E-state index in [1.54, 1.807) is 0 Å². The molecule has 1 aromatic rings. The van der Waals surface area contributed by atoms with Crippen LogP contribution in [-0.2, 0) is 6.42 Å². The SMILES string of the molecule is CCCc1nc(NC)c(C)c(NCC(CC)CCO)n1. The van der Waals surface area contributed by atoms with E-state index in [9.17, 15) is 0 Å². The molecule has 0 saturated carbocycles. The second kappa shape index (κ2) is 8.74. The van der Waals surface area contributed by atoms with Crippen LogP contribution in [0.2, 0.25) is 0 Å². The van der Waals surface area contributed by atoms with Crippen LogP contribution in [0.3, 0.4) is 0 Å². The smallest absolute Gasteiger partial charge is 0.134 e. The Morgan fingerprint density at radius 1 is 1.20 bits per heavy atom. The molecule has 0 aliphatic carbocycles. The van der Waals surface area contributed by atoms with Crippen LogP contribution in [0.4, 0.5) is 11.6 Å². The lowest BCUT2D eigenvalue weighted by atomic mass is 10.0. The summed E-state index contributed by atoms with van der Waals surface area (Å²) in [6.07, 6.45) is 3.80. The van der Waals surface area contributed by atoms with Crippen molar-refractivity contribution in [1.82, 2.24) is 9.97 Å². The molecule has 0 aliphatic heterocycles. The maximum Gasteiger partial charge on any atom is 0.134 e. The minimum absolute atomic E-state index is 0.242. The Balaban J connectivity index is 2.84. The molecule has 0 spiro atoms. The van der Waals surface area contributed by atoms with Gasteiger partial charge in [-0.1, -0.05) is 20.3 Å². The number of nitrogens with zero attached hydrogens (tertiary/aromatic N) is 2. The van der Waals surface area contributed by atoms with Crippen LogP contribution >= 0.6 is 0 Å². The molecule has 1 unspecified atom stereocenters. The van der Waals surface area contributed by atoms with Gasteiger partial charge in [-0.15, -0.1) is 0 Å². The molecule has 1 atom stereocenters. The number of nitrogens with one attached hydrogen (secondary N) is 2. The number of aliphatic hydroxyl groups excluding tert-OH is 1. The van der Waals surface area contributed by atoms with E-state index in [0.29, 0.717) is 5.92 Å². The fraction of sp³-hybridized carbons (Fsp3) is 0.733. The molecule has 1 heterocycles. The highest BCUT2D eigenvalue weighted by Gasteiger charge is 2.11. The molecule has 3 N–H and O–H groups in total. The second-order valence-electron chi connectivity index (χ2n) is 5.13. The molecule has 0 bridgehead atoms. The highest BCUT2D eigenvalue weighted by molar-refractivity contribution is 5.57. The van der Waals surface area contributed by atoms with E-state index in [-0.39, 0.29) is 6.61 Å². The predicted molar refractivity (Wildman–Crippen MR) is 84.3 cm³/mol. The molecule has 5 nitrogen and oxygen atoms in total. The highest BCUT2D eigenvalue weighted by Crippen LogP contribution is 2.21. The fourth-order valence-corrected chi connectivity index (χ4v) is 2.19. The Bertz CT molecular complexity index is 409. The van der Waals surface area contributed by atoms with E-state index in [0.717, 1.165) is 55.3 Å². The van der Waals surface area contributed by atoms with Gasteiger partial charge in [0.15, 0.2) is 0 Å². The minimum Gasteiger partial charge on any atom is -0.396 e. The molecule has 20 heavy (non-hydrogen) atoms. The van der Waals surface area contributed by atoms with Gasteiger partial charge in [0, 0.05) is 32.2 Å². The van der Waals surface area contributed by atoms with E-state index in [4.69, 9.17) is 5.11 Å². The van der Waals surface area contributed by atoms with Crippen molar-refractivity contribution in [2.24, 2.45) is 5.92 Å². The number of hydrogen-bond acceptors (Lipinski definition) is 5. The third-order valence-electron chi connectivity index (χ3n) is 3.58. The van der Waals surface area contributed by atoms with Gasteiger partial charge in [0.05, 0.1) is 0 Å². The quantitative estimate of drug-likeness (QED) is 0.648. The van der Waals surface area contributed by atoms with Crippen LogP contribution in [0.25, 0.3) is 0 Å². The molecule has 0 fully saturated rings. The summed E-state index contributed by atoms with van der Waals surface area (Å²) in [5, 5.41) is 15.6. The zero-order valence-corrected chi connectivity index (χ0v) is 13.2. The van der Waals surface area contributed by atoms with Crippen molar-refractivity contribution in [3.05, 3.63) is 11.4 Å². The van der Waals surface area contributed by atoms with E-state index in [1.165, 1.54) is 0 Å². The Morgan fingerprint density at radius 3 is 2.45 bits per heavy atom. The van der Waals surface area contributed by atoms with Gasteiger partial charge in [-0.3, -0.25) is 0 Å². The number of aryl methyl sites for hydroxylation is 1. The molecular weight excluding hydrogens is 252 g/mol.